The Balaban J connectivity index is 1.98. The van der Waals surface area contributed by atoms with Crippen LogP contribution < -0.4 is 10.0 Å². The predicted octanol–water partition coefficient (Wildman–Crippen LogP) is 0.662. The van der Waals surface area contributed by atoms with Crippen LogP contribution in [-0.4, -0.2) is 39.3 Å². The van der Waals surface area contributed by atoms with E-state index in [4.69, 9.17) is 5.11 Å². The molecule has 2 rings (SSSR count). The van der Waals surface area contributed by atoms with Gasteiger partial charge in [0.1, 0.15) is 16.3 Å². The fraction of sp³-hybridized carbons (Fsp3) is 0.455. The molecule has 3 N–H and O–H groups in total. The van der Waals surface area contributed by atoms with Gasteiger partial charge in [-0.15, -0.1) is 0 Å². The fourth-order valence-corrected chi connectivity index (χ4v) is 3.46. The number of rotatable bonds is 7. The number of hydrogen-bond acceptors (Lipinski definition) is 6. The zero-order valence-corrected chi connectivity index (χ0v) is 12.5. The molecule has 0 aromatic heterocycles. The van der Waals surface area contributed by atoms with Gasteiger partial charge in [0.25, 0.3) is 0 Å². The maximum atomic E-state index is 12.2. The van der Waals surface area contributed by atoms with E-state index in [1.54, 1.807) is 19.1 Å². The van der Waals surface area contributed by atoms with Crippen LogP contribution in [0.4, 0.5) is 11.4 Å². The lowest BCUT2D eigenvalue weighted by atomic mass is 10.3. The molecule has 20 heavy (non-hydrogen) atoms. The van der Waals surface area contributed by atoms with Crippen molar-refractivity contribution >= 4 is 32.8 Å². The van der Waals surface area contributed by atoms with E-state index in [1.165, 1.54) is 6.07 Å². The van der Waals surface area contributed by atoms with Gasteiger partial charge >= 0.3 is 0 Å². The Morgan fingerprint density at radius 1 is 1.35 bits per heavy atom. The lowest BCUT2D eigenvalue weighted by molar-refractivity contribution is 0.192. The summed E-state index contributed by atoms with van der Waals surface area (Å²) >= 11 is 0.986. The third-order valence-corrected chi connectivity index (χ3v) is 4.61. The molecule has 0 radical (unpaired) electrons. The lowest BCUT2D eigenvalue weighted by Gasteiger charge is -2.10. The molecule has 0 spiro atoms. The molecule has 0 saturated heterocycles. The highest BCUT2D eigenvalue weighted by atomic mass is 32.2. The van der Waals surface area contributed by atoms with Crippen molar-refractivity contribution in [3.8, 4) is 0 Å². The van der Waals surface area contributed by atoms with Crippen LogP contribution in [0.2, 0.25) is 0 Å². The van der Waals surface area contributed by atoms with E-state index < -0.39 is 16.1 Å². The summed E-state index contributed by atoms with van der Waals surface area (Å²) in [6.45, 7) is 2.76. The van der Waals surface area contributed by atoms with Gasteiger partial charge in [0.05, 0.1) is 17.5 Å². The van der Waals surface area contributed by atoms with Crippen LogP contribution in [0, 0.1) is 0 Å². The SMILES string of the molecule is CC(O)CNCCNS(=O)(=O)c1cccc2c1N=S=N2. The molecule has 0 saturated carbocycles. The van der Waals surface area contributed by atoms with E-state index in [1.807, 2.05) is 0 Å². The lowest BCUT2D eigenvalue weighted by Crippen LogP contribution is -2.34. The molecule has 7 nitrogen and oxygen atoms in total. The summed E-state index contributed by atoms with van der Waals surface area (Å²) < 4.78 is 34.9. The first-order valence-electron chi connectivity index (χ1n) is 6.10. The number of aliphatic hydroxyl groups excluding tert-OH is 1. The molecule has 9 heteroatoms. The molecule has 1 atom stereocenters. The number of nitrogens with one attached hydrogen (secondary N) is 2. The van der Waals surface area contributed by atoms with Crippen LogP contribution >= 0.6 is 0 Å². The summed E-state index contributed by atoms with van der Waals surface area (Å²) in [7, 11) is -3.61. The number of fused-ring (bicyclic) bond motifs is 1. The van der Waals surface area contributed by atoms with Crippen molar-refractivity contribution in [2.45, 2.75) is 17.9 Å². The quantitative estimate of drug-likeness (QED) is 0.653. The van der Waals surface area contributed by atoms with Crippen molar-refractivity contribution in [2.24, 2.45) is 8.73 Å². The van der Waals surface area contributed by atoms with E-state index in [0.717, 1.165) is 11.4 Å². The Labute approximate surface area is 121 Å². The van der Waals surface area contributed by atoms with E-state index in [9.17, 15) is 8.42 Å². The number of sulfonamides is 1. The predicted molar refractivity (Wildman–Crippen MR) is 77.7 cm³/mol. The maximum absolute atomic E-state index is 12.2. The second kappa shape index (κ2) is 6.55. The van der Waals surface area contributed by atoms with Crippen LogP contribution in [0.5, 0.6) is 0 Å². The first kappa shape index (κ1) is 15.3. The van der Waals surface area contributed by atoms with Gasteiger partial charge in [-0.2, -0.15) is 8.73 Å². The van der Waals surface area contributed by atoms with Gasteiger partial charge < -0.3 is 10.4 Å². The van der Waals surface area contributed by atoms with Gasteiger partial charge in [0.2, 0.25) is 10.0 Å². The van der Waals surface area contributed by atoms with Gasteiger partial charge in [-0.1, -0.05) is 6.07 Å². The largest absolute Gasteiger partial charge is 0.392 e. The molecule has 1 aromatic carbocycles. The van der Waals surface area contributed by atoms with Gasteiger partial charge in [0.15, 0.2) is 0 Å². The van der Waals surface area contributed by atoms with E-state index >= 15 is 0 Å². The number of aliphatic hydroxyl groups is 1. The normalized spacial score (nSPS) is 14.9. The average Bonchev–Trinajstić information content (AvgIpc) is 2.85. The Morgan fingerprint density at radius 2 is 2.15 bits per heavy atom. The third kappa shape index (κ3) is 3.70. The Hall–Kier alpha value is -1.13. The van der Waals surface area contributed by atoms with Crippen molar-refractivity contribution in [2.75, 3.05) is 19.6 Å². The Kier molecular flexibility index (Phi) is 5.00. The first-order valence-corrected chi connectivity index (χ1v) is 8.32. The summed E-state index contributed by atoms with van der Waals surface area (Å²) in [6, 6.07) is 4.88. The topological polar surface area (TPSA) is 103 Å². The minimum atomic E-state index is -3.61. The minimum absolute atomic E-state index is 0.138. The van der Waals surface area contributed by atoms with Crippen LogP contribution in [0.25, 0.3) is 0 Å². The van der Waals surface area contributed by atoms with E-state index in [-0.39, 0.29) is 11.4 Å². The van der Waals surface area contributed by atoms with Crippen LogP contribution in [0.3, 0.4) is 0 Å². The fourth-order valence-electron chi connectivity index (χ4n) is 1.66. The molecule has 1 aromatic rings. The van der Waals surface area contributed by atoms with E-state index in [2.05, 4.69) is 18.8 Å². The van der Waals surface area contributed by atoms with Crippen molar-refractivity contribution in [3.05, 3.63) is 18.2 Å². The second-order valence-electron chi connectivity index (χ2n) is 4.34. The summed E-state index contributed by atoms with van der Waals surface area (Å²) in [5, 5.41) is 12.0. The molecular weight excluding hydrogens is 300 g/mol. The number of hydrogen-bond donors (Lipinski definition) is 3. The molecule has 1 unspecified atom stereocenters. The summed E-state index contributed by atoms with van der Waals surface area (Å²) in [5.74, 6) is 0. The molecule has 0 bridgehead atoms. The van der Waals surface area contributed by atoms with Crippen LogP contribution in [0.1, 0.15) is 6.92 Å². The average molecular weight is 316 g/mol. The summed E-state index contributed by atoms with van der Waals surface area (Å²) in [6.07, 6.45) is -0.457. The van der Waals surface area contributed by atoms with Crippen molar-refractivity contribution < 1.29 is 13.5 Å². The smallest absolute Gasteiger partial charge is 0.242 e. The monoisotopic (exact) mass is 316 g/mol. The van der Waals surface area contributed by atoms with Gasteiger partial charge in [-0.25, -0.2) is 13.1 Å². The highest BCUT2D eigenvalue weighted by Gasteiger charge is 2.21. The summed E-state index contributed by atoms with van der Waals surface area (Å²) in [4.78, 5) is 0.138. The van der Waals surface area contributed by atoms with Gasteiger partial charge in [0, 0.05) is 19.6 Å². The molecule has 0 aliphatic carbocycles. The van der Waals surface area contributed by atoms with Gasteiger partial charge in [-0.05, 0) is 19.1 Å². The molecule has 110 valence electrons. The number of benzene rings is 1. The zero-order valence-electron chi connectivity index (χ0n) is 10.9. The van der Waals surface area contributed by atoms with Crippen molar-refractivity contribution in [3.63, 3.8) is 0 Å². The zero-order chi connectivity index (χ0) is 14.6. The second-order valence-corrected chi connectivity index (χ2v) is 6.60. The number of nitrogens with zero attached hydrogens (tertiary/aromatic N) is 2. The maximum Gasteiger partial charge on any atom is 0.242 e. The van der Waals surface area contributed by atoms with Crippen molar-refractivity contribution in [1.82, 2.24) is 10.0 Å². The van der Waals surface area contributed by atoms with Crippen molar-refractivity contribution in [1.29, 1.82) is 0 Å². The molecular formula is C11H16N4O3S2. The Morgan fingerprint density at radius 3 is 2.90 bits per heavy atom. The van der Waals surface area contributed by atoms with E-state index in [0.29, 0.717) is 24.5 Å². The molecule has 1 aliphatic heterocycles. The highest BCUT2D eigenvalue weighted by molar-refractivity contribution is 7.89. The standard InChI is InChI=1S/C11H16N4O3S2/c1-8(16)7-12-5-6-13-20(17,18)10-4-2-3-9-11(10)15-19-14-9/h2-4,8,12-13,16H,5-7H2,1H3. The minimum Gasteiger partial charge on any atom is -0.392 e. The molecule has 0 fully saturated rings. The van der Waals surface area contributed by atoms with Crippen LogP contribution in [0.15, 0.2) is 31.8 Å². The summed E-state index contributed by atoms with van der Waals surface area (Å²) in [5.41, 5.74) is 0.965. The molecule has 0 amide bonds. The Bertz CT molecular complexity index is 652. The third-order valence-electron chi connectivity index (χ3n) is 2.57. The first-order chi connectivity index (χ1) is 9.50. The van der Waals surface area contributed by atoms with Gasteiger partial charge in [-0.3, -0.25) is 0 Å². The molecule has 1 aliphatic rings. The highest BCUT2D eigenvalue weighted by Crippen LogP contribution is 2.36. The van der Waals surface area contributed by atoms with Crippen LogP contribution in [-0.2, 0) is 21.4 Å². The molecule has 1 heterocycles.